The van der Waals surface area contributed by atoms with Gasteiger partial charge in [0.05, 0.1) is 52.8 Å². The maximum atomic E-state index is 14.9. The van der Waals surface area contributed by atoms with E-state index in [9.17, 15) is 31.9 Å². The molecule has 6 heterocycles. The molecule has 2 bridgehead atoms. The fourth-order valence-corrected chi connectivity index (χ4v) is 10.8. The topological polar surface area (TPSA) is 104 Å². The Kier molecular flexibility index (Phi) is 8.40. The number of carbonyl (C=O) groups is 3. The average Bonchev–Trinajstić information content (AvgIpc) is 4.01. The highest BCUT2D eigenvalue weighted by Crippen LogP contribution is 2.60. The molecule has 5 aliphatic heterocycles. The van der Waals surface area contributed by atoms with Crippen molar-refractivity contribution < 1.29 is 41.4 Å². The molecule has 8 aliphatic rings. The quantitative estimate of drug-likeness (QED) is 0.347. The molecule has 0 radical (unpaired) electrons. The first-order chi connectivity index (χ1) is 25.2. The van der Waals surface area contributed by atoms with E-state index in [4.69, 9.17) is 9.47 Å². The van der Waals surface area contributed by atoms with Crippen molar-refractivity contribution in [3.8, 4) is 0 Å². The van der Waals surface area contributed by atoms with Crippen molar-refractivity contribution in [2.75, 3.05) is 57.4 Å². The number of hydrogen-bond donors (Lipinski definition) is 1. The van der Waals surface area contributed by atoms with E-state index in [1.807, 2.05) is 16.7 Å². The largest absolute Gasteiger partial charge is 0.403 e. The predicted molar refractivity (Wildman–Crippen MR) is 187 cm³/mol. The monoisotopic (exact) mass is 761 g/mol. The summed E-state index contributed by atoms with van der Waals surface area (Å²) in [6.07, 6.45) is 2.68. The third-order valence-corrected chi connectivity index (χ3v) is 14.9. The lowest BCUT2D eigenvalue weighted by Gasteiger charge is -2.51. The summed E-state index contributed by atoms with van der Waals surface area (Å²) < 4.78 is 70.1. The molecule has 3 atom stereocenters. The van der Waals surface area contributed by atoms with Gasteiger partial charge in [-0.3, -0.25) is 14.4 Å². The Morgan fingerprint density at radius 3 is 2.36 bits per heavy atom. The number of fused-ring (bicyclic) bond motifs is 4. The van der Waals surface area contributed by atoms with Crippen LogP contribution in [-0.4, -0.2) is 109 Å². The summed E-state index contributed by atoms with van der Waals surface area (Å²) in [5.74, 6) is -2.85. The van der Waals surface area contributed by atoms with Gasteiger partial charge in [0.1, 0.15) is 17.3 Å². The summed E-state index contributed by atoms with van der Waals surface area (Å²) in [4.78, 5) is 51.5. The van der Waals surface area contributed by atoms with Crippen LogP contribution in [0.5, 0.6) is 0 Å². The molecular weight excluding hydrogens is 715 g/mol. The van der Waals surface area contributed by atoms with Crippen LogP contribution in [0.4, 0.5) is 23.2 Å². The normalized spacial score (nSPS) is 30.4. The maximum absolute atomic E-state index is 14.9. The number of alkyl halides is 3. The second-order valence-corrected chi connectivity index (χ2v) is 18.4. The first-order valence-corrected chi connectivity index (χ1v) is 20.1. The number of anilines is 1. The van der Waals surface area contributed by atoms with E-state index < -0.39 is 52.7 Å². The number of piperidine rings is 1. The van der Waals surface area contributed by atoms with Gasteiger partial charge in [-0.15, -0.1) is 11.3 Å². The Balaban J connectivity index is 0.978. The molecule has 10 rings (SSSR count). The van der Waals surface area contributed by atoms with Gasteiger partial charge in [0.25, 0.3) is 0 Å². The minimum atomic E-state index is -4.65. The van der Waals surface area contributed by atoms with Gasteiger partial charge in [-0.2, -0.15) is 13.2 Å². The molecule has 288 valence electrons. The minimum Gasteiger partial charge on any atom is -0.378 e. The Hall–Kier alpha value is -3.04. The van der Waals surface area contributed by atoms with Crippen molar-refractivity contribution in [1.82, 2.24) is 20.1 Å². The fraction of sp³-hybridized carbons (Fsp3) is 0.737. The fourth-order valence-electron chi connectivity index (χ4n) is 10.00. The summed E-state index contributed by atoms with van der Waals surface area (Å²) in [5.41, 5.74) is -0.398. The third-order valence-electron chi connectivity index (χ3n) is 14.1. The van der Waals surface area contributed by atoms with Gasteiger partial charge in [0.15, 0.2) is 0 Å². The number of thiazole rings is 1. The number of halogens is 4. The molecule has 0 unspecified atom stereocenters. The zero-order valence-corrected chi connectivity index (χ0v) is 30.8. The Morgan fingerprint density at radius 1 is 1.02 bits per heavy atom. The van der Waals surface area contributed by atoms with Crippen molar-refractivity contribution in [3.63, 3.8) is 0 Å². The van der Waals surface area contributed by atoms with E-state index in [1.165, 1.54) is 41.2 Å². The number of ether oxygens (including phenoxy) is 2. The zero-order chi connectivity index (χ0) is 37.0. The van der Waals surface area contributed by atoms with Crippen LogP contribution in [0.1, 0.15) is 71.1 Å². The number of benzene rings is 1. The molecule has 5 saturated heterocycles. The van der Waals surface area contributed by atoms with E-state index in [0.717, 1.165) is 43.2 Å². The van der Waals surface area contributed by atoms with Crippen molar-refractivity contribution in [2.45, 2.75) is 95.6 Å². The number of hydrogen-bond acceptors (Lipinski definition) is 8. The van der Waals surface area contributed by atoms with Gasteiger partial charge in [-0.1, -0.05) is 0 Å². The van der Waals surface area contributed by atoms with Gasteiger partial charge < -0.3 is 29.5 Å². The second-order valence-electron chi connectivity index (χ2n) is 17.5. The van der Waals surface area contributed by atoms with Crippen LogP contribution < -0.4 is 10.2 Å². The summed E-state index contributed by atoms with van der Waals surface area (Å²) >= 11 is 1.34. The lowest BCUT2D eigenvalue weighted by atomic mass is 9.70. The molecule has 10 nitrogen and oxygen atoms in total. The highest BCUT2D eigenvalue weighted by atomic mass is 32.1. The van der Waals surface area contributed by atoms with E-state index >= 15 is 0 Å². The van der Waals surface area contributed by atoms with Gasteiger partial charge in [-0.05, 0) is 82.6 Å². The molecule has 1 aromatic carbocycles. The van der Waals surface area contributed by atoms with Gasteiger partial charge in [0, 0.05) is 56.2 Å². The molecule has 53 heavy (non-hydrogen) atoms. The molecule has 1 N–H and O–H groups in total. The highest BCUT2D eigenvalue weighted by Gasteiger charge is 2.71. The smallest absolute Gasteiger partial charge is 0.378 e. The Bertz CT molecular complexity index is 1770. The standard InChI is InChI=1S/C38H47F4N5O5S/c1-23(51-20-35-4-2-25(3-5-35)52-21-35)29(32(49)45-12-10-34(6-7-34)11-13-45)44-31(48)26-16-46(28-15-24(39)14-27-30(28)53-22-43-27)17-36(26)18-47(19-36)33(50)37(8-9-37)38(40,41)42/h14-15,22-23,25-26,29H,2-13,16-21H2,1H3,(H,44,48)/t23-,25?,26+,29+,35?/m1/s1. The van der Waals surface area contributed by atoms with E-state index in [2.05, 4.69) is 10.3 Å². The summed E-state index contributed by atoms with van der Waals surface area (Å²) in [6, 6.07) is 1.75. The van der Waals surface area contributed by atoms with Crippen LogP contribution in [0, 0.1) is 33.4 Å². The number of nitrogens with one attached hydrogen (secondary N) is 1. The van der Waals surface area contributed by atoms with Crippen LogP contribution in [0.25, 0.3) is 10.2 Å². The number of amides is 3. The van der Waals surface area contributed by atoms with Gasteiger partial charge >= 0.3 is 6.18 Å². The van der Waals surface area contributed by atoms with Crippen molar-refractivity contribution in [2.24, 2.45) is 27.6 Å². The van der Waals surface area contributed by atoms with E-state index in [-0.39, 0.29) is 50.3 Å². The number of carbonyl (C=O) groups excluding carboxylic acids is 3. The lowest BCUT2D eigenvalue weighted by molar-refractivity contribution is -0.205. The molecule has 3 amide bonds. The van der Waals surface area contributed by atoms with Crippen LogP contribution in [0.2, 0.25) is 0 Å². The molecule has 3 saturated carbocycles. The highest BCUT2D eigenvalue weighted by molar-refractivity contribution is 7.17. The molecule has 1 aromatic heterocycles. The molecule has 3 aliphatic carbocycles. The predicted octanol–water partition coefficient (Wildman–Crippen LogP) is 5.29. The summed E-state index contributed by atoms with van der Waals surface area (Å²) in [7, 11) is 0. The SMILES string of the molecule is C[C@@H](OCC12CCC(CC1)OC2)[C@H](NC(=O)[C@@H]1CN(c2cc(F)cc3ncsc23)CC12CN(C(=O)C1(C(F)(F)F)CC1)C2)C(=O)N1CCC2(CC1)CC2. The average molecular weight is 762 g/mol. The summed E-state index contributed by atoms with van der Waals surface area (Å²) in [5, 5.41) is 3.09. The molecular formula is C38H47F4N5O5S. The van der Waals surface area contributed by atoms with Crippen molar-refractivity contribution >= 4 is 45.0 Å². The van der Waals surface area contributed by atoms with E-state index in [1.54, 1.807) is 5.51 Å². The lowest BCUT2D eigenvalue weighted by Crippen LogP contribution is -2.67. The van der Waals surface area contributed by atoms with Gasteiger partial charge in [-0.25, -0.2) is 9.37 Å². The number of rotatable bonds is 9. The number of nitrogens with zero attached hydrogens (tertiary/aromatic N) is 4. The first kappa shape index (κ1) is 35.6. The molecule has 15 heteroatoms. The number of likely N-dealkylation sites (tertiary alicyclic amines) is 2. The molecule has 2 aromatic rings. The van der Waals surface area contributed by atoms with Crippen LogP contribution >= 0.6 is 11.3 Å². The van der Waals surface area contributed by atoms with Crippen LogP contribution in [0.3, 0.4) is 0 Å². The van der Waals surface area contributed by atoms with Gasteiger partial charge in [0.2, 0.25) is 17.7 Å². The minimum absolute atomic E-state index is 0.0399. The van der Waals surface area contributed by atoms with Crippen molar-refractivity contribution in [1.29, 1.82) is 0 Å². The summed E-state index contributed by atoms with van der Waals surface area (Å²) in [6.45, 7) is 4.35. The Labute approximate surface area is 309 Å². The molecule has 8 fully saturated rings. The Morgan fingerprint density at radius 2 is 1.74 bits per heavy atom. The number of aromatic nitrogens is 1. The maximum Gasteiger partial charge on any atom is 0.403 e. The zero-order valence-electron chi connectivity index (χ0n) is 30.0. The van der Waals surface area contributed by atoms with Crippen molar-refractivity contribution in [3.05, 3.63) is 23.5 Å². The molecule has 2 spiro atoms. The van der Waals surface area contributed by atoms with Crippen LogP contribution in [0.15, 0.2) is 17.6 Å². The van der Waals surface area contributed by atoms with E-state index in [0.29, 0.717) is 49.0 Å². The second kappa shape index (κ2) is 12.5. The third kappa shape index (κ3) is 6.11. The van der Waals surface area contributed by atoms with Crippen LogP contribution in [-0.2, 0) is 23.9 Å². The first-order valence-electron chi connectivity index (χ1n) is 19.2.